The second-order valence-electron chi connectivity index (χ2n) is 4.33. The largest absolute Gasteiger partial charge is 0.319 e. The van der Waals surface area contributed by atoms with Crippen molar-refractivity contribution in [2.45, 2.75) is 32.7 Å². The van der Waals surface area contributed by atoms with Gasteiger partial charge in [-0.15, -0.1) is 0 Å². The lowest BCUT2D eigenvalue weighted by Crippen LogP contribution is -2.36. The highest BCUT2D eigenvalue weighted by atomic mass is 15.3. The van der Waals surface area contributed by atoms with Crippen molar-refractivity contribution in [3.63, 3.8) is 0 Å². The van der Waals surface area contributed by atoms with Crippen molar-refractivity contribution >= 4 is 0 Å². The van der Waals surface area contributed by atoms with Gasteiger partial charge in [0.2, 0.25) is 0 Å². The van der Waals surface area contributed by atoms with E-state index in [0.29, 0.717) is 6.04 Å². The Morgan fingerprint density at radius 3 is 2.71 bits per heavy atom. The molecule has 0 aliphatic heterocycles. The molecular weight excluding hydrogens is 174 g/mol. The Morgan fingerprint density at radius 2 is 2.29 bits per heavy atom. The van der Waals surface area contributed by atoms with E-state index in [9.17, 15) is 0 Å². The average Bonchev–Trinajstić information content (AvgIpc) is 2.40. The molecule has 1 N–H and O–H groups in total. The van der Waals surface area contributed by atoms with Crippen molar-refractivity contribution in [2.24, 2.45) is 5.92 Å². The van der Waals surface area contributed by atoms with Crippen LogP contribution in [-0.2, 0) is 0 Å². The van der Waals surface area contributed by atoms with Gasteiger partial charge in [-0.25, -0.2) is 0 Å². The van der Waals surface area contributed by atoms with Crippen LogP contribution in [-0.4, -0.2) is 23.4 Å². The minimum absolute atomic E-state index is 0.635. The number of aryl methyl sites for hydroxylation is 2. The third kappa shape index (κ3) is 1.57. The Morgan fingerprint density at radius 1 is 1.50 bits per heavy atom. The molecule has 78 valence electrons. The Bertz CT molecular complexity index is 316. The summed E-state index contributed by atoms with van der Waals surface area (Å²) in [7, 11) is 2.02. The van der Waals surface area contributed by atoms with Crippen molar-refractivity contribution in [2.75, 3.05) is 13.6 Å². The highest BCUT2D eigenvalue weighted by molar-refractivity contribution is 5.09. The monoisotopic (exact) mass is 193 g/mol. The lowest BCUT2D eigenvalue weighted by atomic mass is 9.79. The van der Waals surface area contributed by atoms with E-state index >= 15 is 0 Å². The number of rotatable bonds is 3. The molecule has 2 rings (SSSR count). The highest BCUT2D eigenvalue weighted by Gasteiger charge is 2.32. The Balaban J connectivity index is 2.11. The molecular formula is C11H19N3. The number of nitrogens with one attached hydrogen (secondary N) is 1. The van der Waals surface area contributed by atoms with Crippen LogP contribution in [0.4, 0.5) is 0 Å². The predicted molar refractivity (Wildman–Crippen MR) is 57.4 cm³/mol. The van der Waals surface area contributed by atoms with Gasteiger partial charge in [-0.1, -0.05) is 0 Å². The molecule has 1 aromatic heterocycles. The van der Waals surface area contributed by atoms with Crippen molar-refractivity contribution in [1.29, 1.82) is 0 Å². The van der Waals surface area contributed by atoms with Crippen molar-refractivity contribution < 1.29 is 0 Å². The van der Waals surface area contributed by atoms with Gasteiger partial charge in [0.1, 0.15) is 0 Å². The fourth-order valence-corrected chi connectivity index (χ4v) is 2.36. The first-order valence-electron chi connectivity index (χ1n) is 5.39. The van der Waals surface area contributed by atoms with Crippen LogP contribution in [0.5, 0.6) is 0 Å². The number of nitrogens with zero attached hydrogens (tertiary/aromatic N) is 2. The Labute approximate surface area is 85.5 Å². The summed E-state index contributed by atoms with van der Waals surface area (Å²) in [6, 6.07) is 2.80. The van der Waals surface area contributed by atoms with Crippen LogP contribution in [0.2, 0.25) is 0 Å². The van der Waals surface area contributed by atoms with Gasteiger partial charge in [0.25, 0.3) is 0 Å². The molecule has 1 aliphatic rings. The maximum Gasteiger partial charge on any atom is 0.0596 e. The van der Waals surface area contributed by atoms with E-state index in [1.54, 1.807) is 0 Å². The minimum Gasteiger partial charge on any atom is -0.319 e. The summed E-state index contributed by atoms with van der Waals surface area (Å²) >= 11 is 0. The first-order valence-corrected chi connectivity index (χ1v) is 5.39. The molecule has 1 aromatic rings. The van der Waals surface area contributed by atoms with E-state index in [1.165, 1.54) is 18.5 Å². The van der Waals surface area contributed by atoms with E-state index in [0.717, 1.165) is 18.2 Å². The summed E-state index contributed by atoms with van der Waals surface area (Å²) in [6.07, 6.45) is 2.62. The number of hydrogen-bond acceptors (Lipinski definition) is 2. The molecule has 1 saturated carbocycles. The normalized spacial score (nSPS) is 26.2. The van der Waals surface area contributed by atoms with Gasteiger partial charge in [-0.2, -0.15) is 5.10 Å². The van der Waals surface area contributed by atoms with Crippen molar-refractivity contribution in [3.8, 4) is 0 Å². The fraction of sp³-hybridized carbons (Fsp3) is 0.727. The summed E-state index contributed by atoms with van der Waals surface area (Å²) in [4.78, 5) is 0. The van der Waals surface area contributed by atoms with Crippen LogP contribution in [0.3, 0.4) is 0 Å². The third-order valence-electron chi connectivity index (χ3n) is 3.20. The van der Waals surface area contributed by atoms with E-state index < -0.39 is 0 Å². The smallest absolute Gasteiger partial charge is 0.0596 e. The average molecular weight is 193 g/mol. The quantitative estimate of drug-likeness (QED) is 0.791. The topological polar surface area (TPSA) is 29.9 Å². The van der Waals surface area contributed by atoms with Gasteiger partial charge < -0.3 is 5.32 Å². The van der Waals surface area contributed by atoms with E-state index in [1.807, 2.05) is 7.05 Å². The van der Waals surface area contributed by atoms with E-state index in [2.05, 4.69) is 35.0 Å². The molecule has 1 heterocycles. The first kappa shape index (κ1) is 9.71. The summed E-state index contributed by atoms with van der Waals surface area (Å²) in [5.41, 5.74) is 2.44. The molecule has 2 unspecified atom stereocenters. The van der Waals surface area contributed by atoms with E-state index in [4.69, 9.17) is 0 Å². The summed E-state index contributed by atoms with van der Waals surface area (Å²) < 4.78 is 2.21. The number of hydrogen-bond donors (Lipinski definition) is 1. The minimum atomic E-state index is 0.635. The molecule has 0 spiro atoms. The summed E-state index contributed by atoms with van der Waals surface area (Å²) in [5, 5.41) is 7.81. The second kappa shape index (κ2) is 3.73. The maximum absolute atomic E-state index is 4.55. The molecule has 1 aliphatic carbocycles. The molecule has 1 fully saturated rings. The molecule has 0 radical (unpaired) electrons. The fourth-order valence-electron chi connectivity index (χ4n) is 2.36. The molecule has 0 amide bonds. The van der Waals surface area contributed by atoms with Crippen LogP contribution in [0.25, 0.3) is 0 Å². The maximum atomic E-state index is 4.55. The van der Waals surface area contributed by atoms with Crippen molar-refractivity contribution in [1.82, 2.24) is 15.1 Å². The van der Waals surface area contributed by atoms with Gasteiger partial charge in [0, 0.05) is 5.69 Å². The second-order valence-corrected chi connectivity index (χ2v) is 4.33. The molecule has 2 atom stereocenters. The zero-order chi connectivity index (χ0) is 10.1. The molecule has 0 bridgehead atoms. The van der Waals surface area contributed by atoms with E-state index in [-0.39, 0.29) is 0 Å². The predicted octanol–water partition coefficient (Wildman–Crippen LogP) is 1.67. The third-order valence-corrected chi connectivity index (χ3v) is 3.20. The lowest BCUT2D eigenvalue weighted by Gasteiger charge is -2.37. The zero-order valence-corrected chi connectivity index (χ0v) is 9.25. The van der Waals surface area contributed by atoms with Crippen molar-refractivity contribution in [3.05, 3.63) is 17.5 Å². The highest BCUT2D eigenvalue weighted by Crippen LogP contribution is 2.38. The van der Waals surface area contributed by atoms with Crippen LogP contribution < -0.4 is 5.32 Å². The van der Waals surface area contributed by atoms with Gasteiger partial charge in [-0.05, 0) is 52.3 Å². The van der Waals surface area contributed by atoms with Gasteiger partial charge in [-0.3, -0.25) is 4.68 Å². The standard InChI is InChI=1S/C11H19N3/c1-8-6-9(2)14(13-8)11-5-4-10(11)7-12-3/h6,10-12H,4-5,7H2,1-3H3. The van der Waals surface area contributed by atoms with Gasteiger partial charge in [0.05, 0.1) is 11.7 Å². The van der Waals surface area contributed by atoms with Crippen LogP contribution in [0, 0.1) is 19.8 Å². The van der Waals surface area contributed by atoms with Gasteiger partial charge in [0.15, 0.2) is 0 Å². The molecule has 0 saturated heterocycles. The Hall–Kier alpha value is -0.830. The van der Waals surface area contributed by atoms with Crippen LogP contribution >= 0.6 is 0 Å². The van der Waals surface area contributed by atoms with Crippen LogP contribution in [0.15, 0.2) is 6.07 Å². The molecule has 14 heavy (non-hydrogen) atoms. The Kier molecular flexibility index (Phi) is 2.59. The number of aromatic nitrogens is 2. The first-order chi connectivity index (χ1) is 6.72. The summed E-state index contributed by atoms with van der Waals surface area (Å²) in [5.74, 6) is 0.776. The molecule has 3 nitrogen and oxygen atoms in total. The van der Waals surface area contributed by atoms with Crippen LogP contribution in [0.1, 0.15) is 30.3 Å². The summed E-state index contributed by atoms with van der Waals surface area (Å²) in [6.45, 7) is 5.33. The van der Waals surface area contributed by atoms with Gasteiger partial charge >= 0.3 is 0 Å². The molecule has 0 aromatic carbocycles. The zero-order valence-electron chi connectivity index (χ0n) is 9.25. The molecule has 3 heteroatoms. The lowest BCUT2D eigenvalue weighted by molar-refractivity contribution is 0.163. The SMILES string of the molecule is CNCC1CCC1n1nc(C)cc1C.